The molecule has 1 amide bonds. The highest BCUT2D eigenvalue weighted by Crippen LogP contribution is 2.40. The second kappa shape index (κ2) is 7.02. The van der Waals surface area contributed by atoms with E-state index in [1.54, 1.807) is 12.4 Å². The molecule has 2 aliphatic rings. The number of fused-ring (bicyclic) bond motifs is 3. The summed E-state index contributed by atoms with van der Waals surface area (Å²) in [5.41, 5.74) is 10.1. The highest BCUT2D eigenvalue weighted by atomic mass is 16.2. The van der Waals surface area contributed by atoms with Gasteiger partial charge in [-0.1, -0.05) is 24.3 Å². The maximum atomic E-state index is 13.4. The number of pyridine rings is 2. The first-order valence-corrected chi connectivity index (χ1v) is 10.9. The van der Waals surface area contributed by atoms with E-state index in [1.807, 2.05) is 17.0 Å². The molecule has 152 valence electrons. The van der Waals surface area contributed by atoms with Gasteiger partial charge in [0.25, 0.3) is 5.91 Å². The lowest BCUT2D eigenvalue weighted by Gasteiger charge is -2.16. The van der Waals surface area contributed by atoms with E-state index < -0.39 is 0 Å². The van der Waals surface area contributed by atoms with Crippen LogP contribution in [-0.4, -0.2) is 20.8 Å². The SMILES string of the molecule is Cc1ccccc1-c1c2c(nc3cc4c(cc13)CCC4)C(=O)N(Cc1ccncc1)C2. The number of carbonyl (C=O) groups is 1. The Balaban J connectivity index is 1.57. The zero-order valence-electron chi connectivity index (χ0n) is 17.6. The van der Waals surface area contributed by atoms with Gasteiger partial charge in [0.2, 0.25) is 0 Å². The number of aryl methyl sites for hydroxylation is 3. The van der Waals surface area contributed by atoms with Crippen molar-refractivity contribution in [3.05, 3.63) is 94.4 Å². The summed E-state index contributed by atoms with van der Waals surface area (Å²) >= 11 is 0. The van der Waals surface area contributed by atoms with E-state index in [1.165, 1.54) is 39.6 Å². The molecule has 3 heterocycles. The van der Waals surface area contributed by atoms with Crippen molar-refractivity contribution in [2.45, 2.75) is 39.3 Å². The second-order valence-corrected chi connectivity index (χ2v) is 8.64. The Bertz CT molecular complexity index is 1340. The van der Waals surface area contributed by atoms with Crippen LogP contribution in [0.2, 0.25) is 0 Å². The smallest absolute Gasteiger partial charge is 0.273 e. The first kappa shape index (κ1) is 18.3. The molecule has 0 N–H and O–H groups in total. The van der Waals surface area contributed by atoms with Gasteiger partial charge in [-0.2, -0.15) is 0 Å². The van der Waals surface area contributed by atoms with Crippen LogP contribution < -0.4 is 0 Å². The normalized spacial score (nSPS) is 14.9. The number of amides is 1. The summed E-state index contributed by atoms with van der Waals surface area (Å²) in [6.45, 7) is 3.30. The van der Waals surface area contributed by atoms with Crippen LogP contribution >= 0.6 is 0 Å². The summed E-state index contributed by atoms with van der Waals surface area (Å²) in [6, 6.07) is 17.0. The fourth-order valence-corrected chi connectivity index (χ4v) is 5.11. The zero-order chi connectivity index (χ0) is 20.9. The van der Waals surface area contributed by atoms with Gasteiger partial charge in [-0.3, -0.25) is 9.78 Å². The molecular weight excluding hydrogens is 382 g/mol. The van der Waals surface area contributed by atoms with Crippen molar-refractivity contribution in [1.29, 1.82) is 0 Å². The number of carbonyl (C=O) groups excluding carboxylic acids is 1. The lowest BCUT2D eigenvalue weighted by atomic mass is 9.91. The lowest BCUT2D eigenvalue weighted by molar-refractivity contribution is 0.0762. The predicted molar refractivity (Wildman–Crippen MR) is 122 cm³/mol. The molecule has 4 heteroatoms. The van der Waals surface area contributed by atoms with Crippen molar-refractivity contribution >= 4 is 16.8 Å². The zero-order valence-corrected chi connectivity index (χ0v) is 17.6. The number of benzene rings is 2. The predicted octanol–water partition coefficient (Wildman–Crippen LogP) is 5.25. The first-order valence-electron chi connectivity index (χ1n) is 10.9. The molecule has 4 nitrogen and oxygen atoms in total. The van der Waals surface area contributed by atoms with Gasteiger partial charge in [-0.05, 0) is 83.8 Å². The Labute approximate surface area is 181 Å². The van der Waals surface area contributed by atoms with E-state index in [9.17, 15) is 4.79 Å². The number of hydrogen-bond donors (Lipinski definition) is 0. The fourth-order valence-electron chi connectivity index (χ4n) is 5.11. The topological polar surface area (TPSA) is 46.1 Å². The Kier molecular flexibility index (Phi) is 4.13. The highest BCUT2D eigenvalue weighted by molar-refractivity contribution is 6.06. The molecule has 0 radical (unpaired) electrons. The molecular formula is C27H23N3O. The number of aromatic nitrogens is 2. The van der Waals surface area contributed by atoms with Crippen LogP contribution in [-0.2, 0) is 25.9 Å². The molecule has 1 aliphatic carbocycles. The molecule has 2 aromatic heterocycles. The Hall–Kier alpha value is -3.53. The molecule has 0 fully saturated rings. The molecule has 2 aromatic carbocycles. The molecule has 6 rings (SSSR count). The molecule has 4 aromatic rings. The van der Waals surface area contributed by atoms with E-state index in [-0.39, 0.29) is 5.91 Å². The summed E-state index contributed by atoms with van der Waals surface area (Å²) < 4.78 is 0. The third-order valence-electron chi connectivity index (χ3n) is 6.68. The van der Waals surface area contributed by atoms with Crippen molar-refractivity contribution in [3.8, 4) is 11.1 Å². The van der Waals surface area contributed by atoms with Crippen LogP contribution in [0, 0.1) is 6.92 Å². The summed E-state index contributed by atoms with van der Waals surface area (Å²) in [7, 11) is 0. The summed E-state index contributed by atoms with van der Waals surface area (Å²) in [5.74, 6) is 0.0176. The molecule has 0 saturated carbocycles. The molecule has 0 bridgehead atoms. The maximum absolute atomic E-state index is 13.4. The minimum Gasteiger partial charge on any atom is -0.329 e. The van der Waals surface area contributed by atoms with Gasteiger partial charge >= 0.3 is 0 Å². The number of rotatable bonds is 3. The maximum Gasteiger partial charge on any atom is 0.273 e. The van der Waals surface area contributed by atoms with Crippen molar-refractivity contribution in [1.82, 2.24) is 14.9 Å². The lowest BCUT2D eigenvalue weighted by Crippen LogP contribution is -2.23. The molecule has 31 heavy (non-hydrogen) atoms. The third kappa shape index (κ3) is 2.94. The molecule has 0 atom stereocenters. The monoisotopic (exact) mass is 405 g/mol. The van der Waals surface area contributed by atoms with Crippen LogP contribution in [0.5, 0.6) is 0 Å². The van der Waals surface area contributed by atoms with Gasteiger partial charge < -0.3 is 4.90 Å². The van der Waals surface area contributed by atoms with Gasteiger partial charge in [0.15, 0.2) is 0 Å². The Morgan fingerprint density at radius 3 is 2.58 bits per heavy atom. The second-order valence-electron chi connectivity index (χ2n) is 8.64. The largest absolute Gasteiger partial charge is 0.329 e. The van der Waals surface area contributed by atoms with Gasteiger partial charge in [-0.15, -0.1) is 0 Å². The molecule has 0 spiro atoms. The average Bonchev–Trinajstić information content (AvgIpc) is 3.36. The summed E-state index contributed by atoms with van der Waals surface area (Å²) in [4.78, 5) is 24.3. The summed E-state index contributed by atoms with van der Waals surface area (Å²) in [5, 5.41) is 1.17. The van der Waals surface area contributed by atoms with E-state index >= 15 is 0 Å². The van der Waals surface area contributed by atoms with Crippen LogP contribution in [0.15, 0.2) is 60.9 Å². The van der Waals surface area contributed by atoms with Gasteiger partial charge in [-0.25, -0.2) is 4.98 Å². The van der Waals surface area contributed by atoms with Gasteiger partial charge in [0.05, 0.1) is 5.52 Å². The number of nitrogens with zero attached hydrogens (tertiary/aromatic N) is 3. The van der Waals surface area contributed by atoms with Gasteiger partial charge in [0.1, 0.15) is 5.69 Å². The van der Waals surface area contributed by atoms with Crippen molar-refractivity contribution in [2.75, 3.05) is 0 Å². The van der Waals surface area contributed by atoms with Crippen LogP contribution in [0.4, 0.5) is 0 Å². The van der Waals surface area contributed by atoms with E-state index in [0.29, 0.717) is 18.8 Å². The van der Waals surface area contributed by atoms with Crippen LogP contribution in [0.3, 0.4) is 0 Å². The fraction of sp³-hybridized carbons (Fsp3) is 0.222. The van der Waals surface area contributed by atoms with Crippen molar-refractivity contribution in [2.24, 2.45) is 0 Å². The van der Waals surface area contributed by atoms with Crippen LogP contribution in [0.1, 0.15) is 44.7 Å². The van der Waals surface area contributed by atoms with E-state index in [4.69, 9.17) is 4.98 Å². The average molecular weight is 406 g/mol. The van der Waals surface area contributed by atoms with Crippen LogP contribution in [0.25, 0.3) is 22.0 Å². The molecule has 1 aliphatic heterocycles. The Morgan fingerprint density at radius 2 is 1.77 bits per heavy atom. The van der Waals surface area contributed by atoms with Crippen molar-refractivity contribution in [3.63, 3.8) is 0 Å². The Morgan fingerprint density at radius 1 is 1.00 bits per heavy atom. The standard InChI is InChI=1S/C27H23N3O/c1-17-5-2-3-8-21(17)25-22-13-19-6-4-7-20(19)14-24(22)29-26-23(25)16-30(27(26)31)15-18-9-11-28-12-10-18/h2-3,5,8-14H,4,6-7,15-16H2,1H3. The first-order chi connectivity index (χ1) is 15.2. The van der Waals surface area contributed by atoms with E-state index in [2.05, 4.69) is 48.3 Å². The molecule has 0 unspecified atom stereocenters. The summed E-state index contributed by atoms with van der Waals surface area (Å²) in [6.07, 6.45) is 6.98. The number of hydrogen-bond acceptors (Lipinski definition) is 3. The minimum absolute atomic E-state index is 0.0176. The van der Waals surface area contributed by atoms with Crippen molar-refractivity contribution < 1.29 is 4.79 Å². The highest BCUT2D eigenvalue weighted by Gasteiger charge is 2.33. The van der Waals surface area contributed by atoms with E-state index in [0.717, 1.165) is 29.5 Å². The third-order valence-corrected chi connectivity index (χ3v) is 6.68. The van der Waals surface area contributed by atoms with Gasteiger partial charge in [0, 0.05) is 36.4 Å². The minimum atomic E-state index is 0.0176. The molecule has 0 saturated heterocycles. The quantitative estimate of drug-likeness (QED) is 0.468.